The van der Waals surface area contributed by atoms with Gasteiger partial charge < -0.3 is 0 Å². The van der Waals surface area contributed by atoms with E-state index in [2.05, 4.69) is 16.9 Å². The monoisotopic (exact) mass is 388 g/mol. The summed E-state index contributed by atoms with van der Waals surface area (Å²) in [5, 5.41) is 0.121. The van der Waals surface area contributed by atoms with Crippen molar-refractivity contribution in [3.05, 3.63) is 47.0 Å². The molecule has 0 radical (unpaired) electrons. The molecule has 1 aliphatic carbocycles. The second-order valence-corrected chi connectivity index (χ2v) is 8.37. The molecule has 2 aromatic rings. The number of hydrogen-bond donors (Lipinski definition) is 0. The van der Waals surface area contributed by atoms with Gasteiger partial charge in [0.1, 0.15) is 5.82 Å². The number of aromatic nitrogens is 2. The molecule has 4 heteroatoms. The predicted molar refractivity (Wildman–Crippen MR) is 110 cm³/mol. The zero-order valence-electron chi connectivity index (χ0n) is 16.3. The van der Waals surface area contributed by atoms with Gasteiger partial charge in [0.05, 0.1) is 5.02 Å². The van der Waals surface area contributed by atoms with Crippen molar-refractivity contribution in [2.45, 2.75) is 71.1 Å². The normalized spacial score (nSPS) is 20.0. The van der Waals surface area contributed by atoms with E-state index in [1.165, 1.54) is 69.4 Å². The summed E-state index contributed by atoms with van der Waals surface area (Å²) in [6, 6.07) is 4.68. The van der Waals surface area contributed by atoms with Crippen molar-refractivity contribution in [2.24, 2.45) is 11.8 Å². The van der Waals surface area contributed by atoms with E-state index in [1.54, 1.807) is 12.1 Å². The van der Waals surface area contributed by atoms with Crippen molar-refractivity contribution in [3.63, 3.8) is 0 Å². The largest absolute Gasteiger partial charge is 0.236 e. The van der Waals surface area contributed by atoms with E-state index in [4.69, 9.17) is 11.6 Å². The van der Waals surface area contributed by atoms with Crippen LogP contribution in [-0.4, -0.2) is 9.97 Å². The minimum Gasteiger partial charge on any atom is -0.236 e. The second-order valence-electron chi connectivity index (χ2n) is 7.97. The Bertz CT molecular complexity index is 709. The summed E-state index contributed by atoms with van der Waals surface area (Å²) in [6.45, 7) is 2.28. The van der Waals surface area contributed by atoms with Crippen LogP contribution < -0.4 is 0 Å². The number of unbranched alkanes of at least 4 members (excludes halogenated alkanes) is 2. The van der Waals surface area contributed by atoms with Gasteiger partial charge in [0, 0.05) is 18.0 Å². The average Bonchev–Trinajstić information content (AvgIpc) is 2.70. The highest BCUT2D eigenvalue weighted by Gasteiger charge is 2.20. The van der Waals surface area contributed by atoms with Gasteiger partial charge in [-0.25, -0.2) is 14.4 Å². The topological polar surface area (TPSA) is 25.8 Å². The third-order valence-corrected chi connectivity index (χ3v) is 6.21. The zero-order valence-corrected chi connectivity index (χ0v) is 17.0. The first-order valence-corrected chi connectivity index (χ1v) is 10.8. The van der Waals surface area contributed by atoms with E-state index >= 15 is 0 Å². The molecule has 0 aliphatic heterocycles. The Morgan fingerprint density at radius 1 is 1.00 bits per heavy atom. The standard InChI is InChI=1S/C23H30ClFN2/c1-2-3-4-5-17-6-8-18(9-7-17)10-11-19-15-26-23(27-16-19)20-12-13-21(24)22(25)14-20/h12-18H,2-11H2,1H3. The molecule has 2 nitrogen and oxygen atoms in total. The van der Waals surface area contributed by atoms with E-state index in [1.807, 2.05) is 12.4 Å². The first-order chi connectivity index (χ1) is 13.2. The van der Waals surface area contributed by atoms with Gasteiger partial charge in [-0.1, -0.05) is 69.9 Å². The molecule has 0 unspecified atom stereocenters. The van der Waals surface area contributed by atoms with Crippen molar-refractivity contribution in [2.75, 3.05) is 0 Å². The minimum absolute atomic E-state index is 0.121. The van der Waals surface area contributed by atoms with Crippen molar-refractivity contribution in [1.82, 2.24) is 9.97 Å². The Balaban J connectivity index is 1.45. The first-order valence-electron chi connectivity index (χ1n) is 10.4. The fourth-order valence-corrected chi connectivity index (χ4v) is 4.25. The quantitative estimate of drug-likeness (QED) is 0.445. The number of hydrogen-bond acceptors (Lipinski definition) is 2. The maximum absolute atomic E-state index is 13.6. The molecule has 0 saturated heterocycles. The van der Waals surface area contributed by atoms with Gasteiger partial charge in [-0.2, -0.15) is 0 Å². The second kappa shape index (κ2) is 10.2. The molecule has 3 rings (SSSR count). The molecule has 27 heavy (non-hydrogen) atoms. The van der Waals surface area contributed by atoms with Crippen LogP contribution in [0.25, 0.3) is 11.4 Å². The maximum atomic E-state index is 13.6. The summed E-state index contributed by atoms with van der Waals surface area (Å²) in [4.78, 5) is 8.83. The van der Waals surface area contributed by atoms with Gasteiger partial charge in [0.25, 0.3) is 0 Å². The van der Waals surface area contributed by atoms with E-state index in [9.17, 15) is 4.39 Å². The molecule has 0 spiro atoms. The minimum atomic E-state index is -0.438. The van der Waals surface area contributed by atoms with Gasteiger partial charge in [-0.15, -0.1) is 0 Å². The fraction of sp³-hybridized carbons (Fsp3) is 0.565. The van der Waals surface area contributed by atoms with E-state index < -0.39 is 5.82 Å². The molecular weight excluding hydrogens is 359 g/mol. The molecule has 0 amide bonds. The predicted octanol–water partition coefficient (Wildman–Crippen LogP) is 7.26. The molecular formula is C23H30ClFN2. The number of nitrogens with zero attached hydrogens (tertiary/aromatic N) is 2. The lowest BCUT2D eigenvalue weighted by Crippen LogP contribution is -2.15. The maximum Gasteiger partial charge on any atom is 0.159 e. The highest BCUT2D eigenvalue weighted by molar-refractivity contribution is 6.30. The van der Waals surface area contributed by atoms with E-state index in [0.717, 1.165) is 18.3 Å². The lowest BCUT2D eigenvalue weighted by Gasteiger charge is -2.28. The first kappa shape index (κ1) is 20.3. The molecule has 1 aromatic carbocycles. The van der Waals surface area contributed by atoms with Gasteiger partial charge in [0.15, 0.2) is 5.82 Å². The van der Waals surface area contributed by atoms with Gasteiger partial charge in [-0.05, 0) is 48.4 Å². The molecule has 146 valence electrons. The summed E-state index contributed by atoms with van der Waals surface area (Å²) >= 11 is 5.73. The Morgan fingerprint density at radius 3 is 2.30 bits per heavy atom. The lowest BCUT2D eigenvalue weighted by atomic mass is 9.78. The lowest BCUT2D eigenvalue weighted by molar-refractivity contribution is 0.249. The Kier molecular flexibility index (Phi) is 7.63. The SMILES string of the molecule is CCCCCC1CCC(CCc2cnc(-c3ccc(Cl)c(F)c3)nc2)CC1. The molecule has 0 N–H and O–H groups in total. The zero-order chi connectivity index (χ0) is 19.1. The molecule has 1 aliphatic rings. The molecule has 1 fully saturated rings. The van der Waals surface area contributed by atoms with Crippen LogP contribution in [0.5, 0.6) is 0 Å². The van der Waals surface area contributed by atoms with Crippen molar-refractivity contribution >= 4 is 11.6 Å². The van der Waals surface area contributed by atoms with Crippen molar-refractivity contribution in [1.29, 1.82) is 0 Å². The van der Waals surface area contributed by atoms with Crippen molar-refractivity contribution < 1.29 is 4.39 Å². The van der Waals surface area contributed by atoms with Crippen LogP contribution in [0.1, 0.15) is 70.3 Å². The summed E-state index contributed by atoms with van der Waals surface area (Å²) in [7, 11) is 0. The van der Waals surface area contributed by atoms with Crippen LogP contribution in [0.2, 0.25) is 5.02 Å². The molecule has 1 heterocycles. The van der Waals surface area contributed by atoms with Crippen LogP contribution in [0.4, 0.5) is 4.39 Å². The highest BCUT2D eigenvalue weighted by atomic mass is 35.5. The van der Waals surface area contributed by atoms with Crippen molar-refractivity contribution in [3.8, 4) is 11.4 Å². The summed E-state index contributed by atoms with van der Waals surface area (Å²) in [5.41, 5.74) is 1.82. The Hall–Kier alpha value is -1.48. The number of benzene rings is 1. The van der Waals surface area contributed by atoms with Crippen LogP contribution in [0, 0.1) is 17.7 Å². The molecule has 1 saturated carbocycles. The molecule has 0 bridgehead atoms. The van der Waals surface area contributed by atoms with Crippen LogP contribution in [-0.2, 0) is 6.42 Å². The third-order valence-electron chi connectivity index (χ3n) is 5.91. The fourth-order valence-electron chi connectivity index (χ4n) is 4.13. The third kappa shape index (κ3) is 6.00. The van der Waals surface area contributed by atoms with Crippen LogP contribution in [0.3, 0.4) is 0 Å². The number of aryl methyl sites for hydroxylation is 1. The van der Waals surface area contributed by atoms with Crippen LogP contribution >= 0.6 is 11.6 Å². The average molecular weight is 389 g/mol. The smallest absolute Gasteiger partial charge is 0.159 e. The summed E-state index contributed by atoms with van der Waals surface area (Å²) in [5.74, 6) is 1.92. The van der Waals surface area contributed by atoms with Gasteiger partial charge in [-0.3, -0.25) is 0 Å². The number of halogens is 2. The molecule has 0 atom stereocenters. The van der Waals surface area contributed by atoms with Gasteiger partial charge in [0.2, 0.25) is 0 Å². The summed E-state index contributed by atoms with van der Waals surface area (Å²) in [6.07, 6.45) is 17.1. The Morgan fingerprint density at radius 2 is 1.67 bits per heavy atom. The highest BCUT2D eigenvalue weighted by Crippen LogP contribution is 2.34. The molecule has 1 aromatic heterocycles. The Labute approximate surface area is 167 Å². The number of rotatable bonds is 8. The van der Waals surface area contributed by atoms with E-state index in [0.29, 0.717) is 11.4 Å². The summed E-state index contributed by atoms with van der Waals surface area (Å²) < 4.78 is 13.6. The van der Waals surface area contributed by atoms with Crippen LogP contribution in [0.15, 0.2) is 30.6 Å². The van der Waals surface area contributed by atoms with E-state index in [-0.39, 0.29) is 5.02 Å². The van der Waals surface area contributed by atoms with Gasteiger partial charge >= 0.3 is 0 Å².